The van der Waals surface area contributed by atoms with Crippen LogP contribution in [-0.4, -0.2) is 29.1 Å². The van der Waals surface area contributed by atoms with Crippen molar-refractivity contribution in [1.82, 2.24) is 9.97 Å². The fraction of sp³-hybridized carbons (Fsp3) is 0.714. The molecule has 3 aliphatic rings. The van der Waals surface area contributed by atoms with Crippen molar-refractivity contribution in [3.05, 3.63) is 18.1 Å². The van der Waals surface area contributed by atoms with Crippen LogP contribution >= 0.6 is 24.8 Å². The standard InChI is InChI=1S/C14H20N4.2ClH/c15-12-7-18(6-11(12)9-1-2-9)14-5-13(10-3-4-10)16-8-17-14;;/h5,8-12H,1-4,6-7,15H2;2*1H/t11-,12+;;/m1../s1. The molecular weight excluding hydrogens is 295 g/mol. The van der Waals surface area contributed by atoms with Gasteiger partial charge in [-0.15, -0.1) is 24.8 Å². The third kappa shape index (κ3) is 3.02. The van der Waals surface area contributed by atoms with Crippen LogP contribution in [0.3, 0.4) is 0 Å². The van der Waals surface area contributed by atoms with E-state index in [-0.39, 0.29) is 24.8 Å². The molecule has 2 saturated carbocycles. The van der Waals surface area contributed by atoms with E-state index in [0.29, 0.717) is 17.9 Å². The Balaban J connectivity index is 0.000000735. The number of hydrogen-bond acceptors (Lipinski definition) is 4. The second kappa shape index (κ2) is 6.04. The van der Waals surface area contributed by atoms with E-state index in [0.717, 1.165) is 24.8 Å². The SMILES string of the molecule is Cl.Cl.N[C@H]1CN(c2cc(C3CC3)ncn2)C[C@@H]1C1CC1. The molecule has 0 bridgehead atoms. The monoisotopic (exact) mass is 316 g/mol. The molecule has 0 unspecified atom stereocenters. The van der Waals surface area contributed by atoms with Gasteiger partial charge in [0.25, 0.3) is 0 Å². The van der Waals surface area contributed by atoms with Crippen molar-refractivity contribution in [3.63, 3.8) is 0 Å². The molecule has 1 aromatic heterocycles. The van der Waals surface area contributed by atoms with Gasteiger partial charge in [-0.2, -0.15) is 0 Å². The van der Waals surface area contributed by atoms with Gasteiger partial charge in [-0.1, -0.05) is 0 Å². The van der Waals surface area contributed by atoms with Crippen LogP contribution in [0.25, 0.3) is 0 Å². The molecule has 4 rings (SSSR count). The summed E-state index contributed by atoms with van der Waals surface area (Å²) in [5, 5.41) is 0. The lowest BCUT2D eigenvalue weighted by atomic mass is 9.99. The van der Waals surface area contributed by atoms with Gasteiger partial charge in [0.2, 0.25) is 0 Å². The average molecular weight is 317 g/mol. The third-order valence-corrected chi connectivity index (χ3v) is 4.63. The van der Waals surface area contributed by atoms with Gasteiger partial charge in [-0.05, 0) is 37.5 Å². The number of nitrogens with zero attached hydrogens (tertiary/aromatic N) is 3. The highest BCUT2D eigenvalue weighted by Gasteiger charge is 2.41. The van der Waals surface area contributed by atoms with E-state index >= 15 is 0 Å². The minimum Gasteiger partial charge on any atom is -0.355 e. The Bertz CT molecular complexity index is 462. The number of hydrogen-bond donors (Lipinski definition) is 1. The van der Waals surface area contributed by atoms with Crippen molar-refractivity contribution in [3.8, 4) is 0 Å². The van der Waals surface area contributed by atoms with E-state index in [1.165, 1.54) is 31.4 Å². The van der Waals surface area contributed by atoms with Gasteiger partial charge in [-0.25, -0.2) is 9.97 Å². The highest BCUT2D eigenvalue weighted by atomic mass is 35.5. The molecular formula is C14H22Cl2N4. The van der Waals surface area contributed by atoms with Gasteiger partial charge in [0, 0.05) is 36.8 Å². The van der Waals surface area contributed by atoms with E-state index in [1.54, 1.807) is 6.33 Å². The maximum Gasteiger partial charge on any atom is 0.132 e. The molecule has 2 heterocycles. The van der Waals surface area contributed by atoms with Crippen LogP contribution in [0.4, 0.5) is 5.82 Å². The second-order valence-corrected chi connectivity index (χ2v) is 6.15. The lowest BCUT2D eigenvalue weighted by Crippen LogP contribution is -2.30. The Morgan fingerprint density at radius 2 is 1.80 bits per heavy atom. The summed E-state index contributed by atoms with van der Waals surface area (Å²) < 4.78 is 0. The van der Waals surface area contributed by atoms with E-state index in [1.807, 2.05) is 0 Å². The Labute approximate surface area is 132 Å². The largest absolute Gasteiger partial charge is 0.355 e. The first-order chi connectivity index (χ1) is 8.81. The van der Waals surface area contributed by atoms with E-state index in [2.05, 4.69) is 20.9 Å². The van der Waals surface area contributed by atoms with Crippen molar-refractivity contribution in [2.24, 2.45) is 17.6 Å². The van der Waals surface area contributed by atoms with Crippen molar-refractivity contribution < 1.29 is 0 Å². The second-order valence-electron chi connectivity index (χ2n) is 6.15. The van der Waals surface area contributed by atoms with Crippen LogP contribution < -0.4 is 10.6 Å². The molecule has 6 heteroatoms. The summed E-state index contributed by atoms with van der Waals surface area (Å²) in [7, 11) is 0. The number of halogens is 2. The molecule has 0 spiro atoms. The molecule has 20 heavy (non-hydrogen) atoms. The molecule has 2 N–H and O–H groups in total. The summed E-state index contributed by atoms with van der Waals surface area (Å²) in [5.41, 5.74) is 7.50. The molecule has 2 atom stereocenters. The van der Waals surface area contributed by atoms with Crippen molar-refractivity contribution in [1.29, 1.82) is 0 Å². The van der Waals surface area contributed by atoms with E-state index < -0.39 is 0 Å². The lowest BCUT2D eigenvalue weighted by Gasteiger charge is -2.17. The van der Waals surface area contributed by atoms with E-state index in [9.17, 15) is 0 Å². The van der Waals surface area contributed by atoms with Gasteiger partial charge in [0.15, 0.2) is 0 Å². The third-order valence-electron chi connectivity index (χ3n) is 4.63. The van der Waals surface area contributed by atoms with Crippen LogP contribution in [0.2, 0.25) is 0 Å². The molecule has 4 nitrogen and oxygen atoms in total. The van der Waals surface area contributed by atoms with Crippen LogP contribution in [-0.2, 0) is 0 Å². The normalized spacial score (nSPS) is 28.8. The first kappa shape index (κ1) is 15.8. The molecule has 1 aromatic rings. The predicted molar refractivity (Wildman–Crippen MR) is 84.9 cm³/mol. The van der Waals surface area contributed by atoms with Gasteiger partial charge >= 0.3 is 0 Å². The van der Waals surface area contributed by atoms with Gasteiger partial charge in [0.1, 0.15) is 12.1 Å². The molecule has 2 aliphatic carbocycles. The summed E-state index contributed by atoms with van der Waals surface area (Å²) >= 11 is 0. The summed E-state index contributed by atoms with van der Waals surface area (Å²) in [4.78, 5) is 11.2. The first-order valence-electron chi connectivity index (χ1n) is 7.14. The Kier molecular flexibility index (Phi) is 4.77. The van der Waals surface area contributed by atoms with Crippen molar-refractivity contribution in [2.75, 3.05) is 18.0 Å². The Hall–Kier alpha value is -0.580. The summed E-state index contributed by atoms with van der Waals surface area (Å²) in [6.45, 7) is 2.05. The van der Waals surface area contributed by atoms with E-state index in [4.69, 9.17) is 5.73 Å². The fourth-order valence-electron chi connectivity index (χ4n) is 3.20. The average Bonchev–Trinajstić information content (AvgIpc) is 3.27. The predicted octanol–water partition coefficient (Wildman–Crippen LogP) is 2.37. The summed E-state index contributed by atoms with van der Waals surface area (Å²) in [5.74, 6) is 3.35. The van der Waals surface area contributed by atoms with Gasteiger partial charge in [0.05, 0.1) is 0 Å². The van der Waals surface area contributed by atoms with Crippen LogP contribution in [0.5, 0.6) is 0 Å². The molecule has 0 aromatic carbocycles. The van der Waals surface area contributed by atoms with Crippen LogP contribution in [0.1, 0.15) is 37.3 Å². The fourth-order valence-corrected chi connectivity index (χ4v) is 3.20. The summed E-state index contributed by atoms with van der Waals surface area (Å²) in [6.07, 6.45) is 7.06. The smallest absolute Gasteiger partial charge is 0.132 e. The lowest BCUT2D eigenvalue weighted by molar-refractivity contribution is 0.456. The molecule has 1 aliphatic heterocycles. The summed E-state index contributed by atoms with van der Waals surface area (Å²) in [6, 6.07) is 2.51. The highest BCUT2D eigenvalue weighted by Crippen LogP contribution is 2.42. The molecule has 1 saturated heterocycles. The number of aromatic nitrogens is 2. The van der Waals surface area contributed by atoms with Crippen molar-refractivity contribution >= 4 is 30.6 Å². The van der Waals surface area contributed by atoms with Gasteiger partial charge in [-0.3, -0.25) is 0 Å². The van der Waals surface area contributed by atoms with Crippen LogP contribution in [0.15, 0.2) is 12.4 Å². The molecule has 112 valence electrons. The minimum atomic E-state index is 0. The van der Waals surface area contributed by atoms with Crippen LogP contribution in [0, 0.1) is 11.8 Å². The molecule has 0 radical (unpaired) electrons. The van der Waals surface area contributed by atoms with Gasteiger partial charge < -0.3 is 10.6 Å². The zero-order valence-electron chi connectivity index (χ0n) is 11.4. The number of nitrogens with two attached hydrogens (primary N) is 1. The zero-order valence-corrected chi connectivity index (χ0v) is 13.1. The Morgan fingerprint density at radius 3 is 2.45 bits per heavy atom. The molecule has 0 amide bonds. The number of anilines is 1. The maximum absolute atomic E-state index is 6.27. The quantitative estimate of drug-likeness (QED) is 0.930. The Morgan fingerprint density at radius 1 is 1.05 bits per heavy atom. The maximum atomic E-state index is 6.27. The zero-order chi connectivity index (χ0) is 12.1. The molecule has 3 fully saturated rings. The first-order valence-corrected chi connectivity index (χ1v) is 7.14. The topological polar surface area (TPSA) is 55.0 Å². The highest BCUT2D eigenvalue weighted by molar-refractivity contribution is 5.85. The number of rotatable bonds is 3. The minimum absolute atomic E-state index is 0. The van der Waals surface area contributed by atoms with Crippen molar-refractivity contribution in [2.45, 2.75) is 37.6 Å².